The van der Waals surface area contributed by atoms with Crippen LogP contribution >= 0.6 is 0 Å². The Kier molecular flexibility index (Phi) is 4.55. The summed E-state index contributed by atoms with van der Waals surface area (Å²) in [6, 6.07) is 0. The highest BCUT2D eigenvalue weighted by atomic mass is 16.5. The third kappa shape index (κ3) is 3.47. The van der Waals surface area contributed by atoms with Gasteiger partial charge in [0.25, 0.3) is 0 Å². The van der Waals surface area contributed by atoms with E-state index < -0.39 is 0 Å². The molecule has 1 aliphatic rings. The van der Waals surface area contributed by atoms with Crippen molar-refractivity contribution in [3.8, 4) is 0 Å². The molecule has 0 spiro atoms. The Morgan fingerprint density at radius 2 is 2.29 bits per heavy atom. The SMILES string of the molecule is CCCCOC(=O)C1=CC=CC=CN1. The molecule has 1 rings (SSSR count). The fourth-order valence-corrected chi connectivity index (χ4v) is 0.971. The second-order valence-electron chi connectivity index (χ2n) is 2.96. The van der Waals surface area contributed by atoms with Crippen molar-refractivity contribution in [1.82, 2.24) is 5.32 Å². The molecule has 0 aliphatic carbocycles. The molecule has 0 radical (unpaired) electrons. The number of allylic oxidation sites excluding steroid dienone is 4. The van der Waals surface area contributed by atoms with E-state index in [-0.39, 0.29) is 5.97 Å². The molecule has 14 heavy (non-hydrogen) atoms. The molecule has 0 aromatic carbocycles. The lowest BCUT2D eigenvalue weighted by molar-refractivity contribution is -0.139. The summed E-state index contributed by atoms with van der Waals surface area (Å²) in [5.74, 6) is -0.297. The minimum atomic E-state index is -0.297. The van der Waals surface area contributed by atoms with Crippen LogP contribution in [-0.2, 0) is 9.53 Å². The molecule has 0 saturated heterocycles. The molecule has 1 aliphatic heterocycles. The van der Waals surface area contributed by atoms with E-state index in [4.69, 9.17) is 4.74 Å². The van der Waals surface area contributed by atoms with Crippen molar-refractivity contribution in [2.75, 3.05) is 6.61 Å². The minimum absolute atomic E-state index is 0.297. The second kappa shape index (κ2) is 6.02. The fraction of sp³-hybridized carbons (Fsp3) is 0.364. The number of carbonyl (C=O) groups is 1. The van der Waals surface area contributed by atoms with Crippen LogP contribution in [-0.4, -0.2) is 12.6 Å². The first-order chi connectivity index (χ1) is 6.84. The summed E-state index contributed by atoms with van der Waals surface area (Å²) >= 11 is 0. The molecule has 3 nitrogen and oxygen atoms in total. The molecule has 0 unspecified atom stereocenters. The molecule has 0 amide bonds. The first-order valence-electron chi connectivity index (χ1n) is 4.81. The molecule has 0 aromatic heterocycles. The predicted octanol–water partition coefficient (Wildman–Crippen LogP) is 1.89. The quantitative estimate of drug-likeness (QED) is 0.547. The lowest BCUT2D eigenvalue weighted by Crippen LogP contribution is -2.18. The Labute approximate surface area is 84.1 Å². The molecule has 0 atom stereocenters. The minimum Gasteiger partial charge on any atom is -0.461 e. The van der Waals surface area contributed by atoms with Crippen LogP contribution in [0, 0.1) is 0 Å². The highest BCUT2D eigenvalue weighted by Gasteiger charge is 2.08. The molecule has 1 N–H and O–H groups in total. The van der Waals surface area contributed by atoms with Crippen molar-refractivity contribution in [3.05, 3.63) is 36.2 Å². The van der Waals surface area contributed by atoms with Crippen molar-refractivity contribution in [3.63, 3.8) is 0 Å². The normalized spacial score (nSPS) is 14.2. The van der Waals surface area contributed by atoms with Gasteiger partial charge in [-0.05, 0) is 18.6 Å². The van der Waals surface area contributed by atoms with Crippen molar-refractivity contribution >= 4 is 5.97 Å². The van der Waals surface area contributed by atoms with Crippen LogP contribution in [0.1, 0.15) is 19.8 Å². The summed E-state index contributed by atoms with van der Waals surface area (Å²) in [5, 5.41) is 2.85. The first kappa shape index (κ1) is 10.6. The number of hydrogen-bond donors (Lipinski definition) is 1. The van der Waals surface area contributed by atoms with Crippen LogP contribution in [0.2, 0.25) is 0 Å². The van der Waals surface area contributed by atoms with Gasteiger partial charge < -0.3 is 10.1 Å². The largest absolute Gasteiger partial charge is 0.461 e. The Morgan fingerprint density at radius 1 is 1.43 bits per heavy atom. The van der Waals surface area contributed by atoms with E-state index in [2.05, 4.69) is 12.2 Å². The Hall–Kier alpha value is -1.51. The average molecular weight is 193 g/mol. The molecule has 3 heteroatoms. The Bertz CT molecular complexity index is 277. The van der Waals surface area contributed by atoms with Crippen LogP contribution in [0.4, 0.5) is 0 Å². The summed E-state index contributed by atoms with van der Waals surface area (Å²) < 4.78 is 5.04. The third-order valence-electron chi connectivity index (χ3n) is 1.77. The standard InChI is InChI=1S/C11H15NO2/c1-2-3-9-14-11(13)10-7-5-4-6-8-12-10/h4-8,12H,2-3,9H2,1H3. The predicted molar refractivity (Wildman–Crippen MR) is 55.4 cm³/mol. The van der Waals surface area contributed by atoms with E-state index >= 15 is 0 Å². The Morgan fingerprint density at radius 3 is 3.07 bits per heavy atom. The topological polar surface area (TPSA) is 38.3 Å². The monoisotopic (exact) mass is 193 g/mol. The van der Waals surface area contributed by atoms with Crippen LogP contribution < -0.4 is 5.32 Å². The van der Waals surface area contributed by atoms with Crippen LogP contribution in [0.3, 0.4) is 0 Å². The molecule has 0 saturated carbocycles. The molecule has 0 bridgehead atoms. The van der Waals surface area contributed by atoms with Crippen molar-refractivity contribution in [2.45, 2.75) is 19.8 Å². The van der Waals surface area contributed by atoms with Gasteiger partial charge in [0.15, 0.2) is 0 Å². The first-order valence-corrected chi connectivity index (χ1v) is 4.81. The van der Waals surface area contributed by atoms with Crippen LogP contribution in [0.5, 0.6) is 0 Å². The zero-order valence-electron chi connectivity index (χ0n) is 8.32. The number of unbranched alkanes of at least 4 members (excludes halogenated alkanes) is 1. The molecule has 1 heterocycles. The molecule has 0 aromatic rings. The van der Waals surface area contributed by atoms with Gasteiger partial charge >= 0.3 is 5.97 Å². The van der Waals surface area contributed by atoms with E-state index in [1.165, 1.54) is 0 Å². The highest BCUT2D eigenvalue weighted by Crippen LogP contribution is 1.99. The zero-order valence-corrected chi connectivity index (χ0v) is 8.32. The van der Waals surface area contributed by atoms with Crippen molar-refractivity contribution < 1.29 is 9.53 Å². The van der Waals surface area contributed by atoms with Crippen molar-refractivity contribution in [1.29, 1.82) is 0 Å². The molecule has 76 valence electrons. The number of rotatable bonds is 4. The van der Waals surface area contributed by atoms with E-state index in [1.807, 2.05) is 12.2 Å². The van der Waals surface area contributed by atoms with Crippen molar-refractivity contribution in [2.24, 2.45) is 0 Å². The van der Waals surface area contributed by atoms with Gasteiger partial charge in [-0.3, -0.25) is 0 Å². The van der Waals surface area contributed by atoms with Gasteiger partial charge in [0.2, 0.25) is 0 Å². The molecular weight excluding hydrogens is 178 g/mol. The number of hydrogen-bond acceptors (Lipinski definition) is 3. The summed E-state index contributed by atoms with van der Waals surface area (Å²) in [6.45, 7) is 2.55. The fourth-order valence-electron chi connectivity index (χ4n) is 0.971. The maximum atomic E-state index is 11.4. The third-order valence-corrected chi connectivity index (χ3v) is 1.77. The van der Waals surface area contributed by atoms with Gasteiger partial charge in [0.05, 0.1) is 6.61 Å². The van der Waals surface area contributed by atoms with Gasteiger partial charge in [-0.25, -0.2) is 4.79 Å². The number of esters is 1. The smallest absolute Gasteiger partial charge is 0.354 e. The van der Waals surface area contributed by atoms with E-state index in [1.54, 1.807) is 18.4 Å². The van der Waals surface area contributed by atoms with Crippen LogP contribution in [0.15, 0.2) is 36.2 Å². The van der Waals surface area contributed by atoms with Crippen LogP contribution in [0.25, 0.3) is 0 Å². The van der Waals surface area contributed by atoms with Gasteiger partial charge in [0, 0.05) is 6.20 Å². The number of nitrogens with one attached hydrogen (secondary N) is 1. The zero-order chi connectivity index (χ0) is 10.2. The molecular formula is C11H15NO2. The van der Waals surface area contributed by atoms with E-state index in [9.17, 15) is 4.79 Å². The number of carbonyl (C=O) groups excluding carboxylic acids is 1. The van der Waals surface area contributed by atoms with Gasteiger partial charge in [-0.2, -0.15) is 0 Å². The van der Waals surface area contributed by atoms with Gasteiger partial charge in [-0.15, -0.1) is 0 Å². The average Bonchev–Trinajstić information content (AvgIpc) is 2.46. The van der Waals surface area contributed by atoms with E-state index in [0.29, 0.717) is 12.3 Å². The summed E-state index contributed by atoms with van der Waals surface area (Å²) in [6.07, 6.45) is 10.8. The second-order valence-corrected chi connectivity index (χ2v) is 2.96. The highest BCUT2D eigenvalue weighted by molar-refractivity contribution is 5.88. The maximum absolute atomic E-state index is 11.4. The Balaban J connectivity index is 2.40. The lowest BCUT2D eigenvalue weighted by Gasteiger charge is -2.06. The number of ether oxygens (including phenoxy) is 1. The molecule has 0 fully saturated rings. The summed E-state index contributed by atoms with van der Waals surface area (Å²) in [4.78, 5) is 11.4. The van der Waals surface area contributed by atoms with Gasteiger partial charge in [0.1, 0.15) is 5.70 Å². The van der Waals surface area contributed by atoms with Gasteiger partial charge in [-0.1, -0.05) is 25.5 Å². The van der Waals surface area contributed by atoms with E-state index in [0.717, 1.165) is 12.8 Å². The summed E-state index contributed by atoms with van der Waals surface area (Å²) in [7, 11) is 0. The lowest BCUT2D eigenvalue weighted by atomic mass is 10.3. The maximum Gasteiger partial charge on any atom is 0.354 e. The summed E-state index contributed by atoms with van der Waals surface area (Å²) in [5.41, 5.74) is 0.478.